The summed E-state index contributed by atoms with van der Waals surface area (Å²) < 4.78 is 1.72. The first-order chi connectivity index (χ1) is 9.51. The molecule has 1 heterocycles. The average Bonchev–Trinajstić information content (AvgIpc) is 2.79. The SMILES string of the molecule is CCc1nn(C)cc1CNC(=O)c1cc(O)ccc1Cl. The van der Waals surface area contributed by atoms with Gasteiger partial charge in [-0.1, -0.05) is 18.5 Å². The van der Waals surface area contributed by atoms with Gasteiger partial charge in [-0.15, -0.1) is 0 Å². The third-order valence-electron chi connectivity index (χ3n) is 2.96. The summed E-state index contributed by atoms with van der Waals surface area (Å²) in [7, 11) is 1.84. The molecule has 106 valence electrons. The second kappa shape index (κ2) is 5.96. The Morgan fingerprint density at radius 3 is 2.95 bits per heavy atom. The number of aryl methyl sites for hydroxylation is 2. The van der Waals surface area contributed by atoms with Crippen molar-refractivity contribution < 1.29 is 9.90 Å². The quantitative estimate of drug-likeness (QED) is 0.909. The van der Waals surface area contributed by atoms with Crippen molar-refractivity contribution in [1.82, 2.24) is 15.1 Å². The van der Waals surface area contributed by atoms with Crippen LogP contribution < -0.4 is 5.32 Å². The molecule has 0 fully saturated rings. The number of aromatic nitrogens is 2. The number of nitrogens with one attached hydrogen (secondary N) is 1. The van der Waals surface area contributed by atoms with Crippen molar-refractivity contribution in [3.05, 3.63) is 46.2 Å². The highest BCUT2D eigenvalue weighted by Crippen LogP contribution is 2.21. The van der Waals surface area contributed by atoms with Gasteiger partial charge < -0.3 is 10.4 Å². The summed E-state index contributed by atoms with van der Waals surface area (Å²) in [5.74, 6) is -0.313. The van der Waals surface area contributed by atoms with E-state index in [1.165, 1.54) is 18.2 Å². The van der Waals surface area contributed by atoms with Gasteiger partial charge in [-0.3, -0.25) is 9.48 Å². The molecule has 0 saturated heterocycles. The van der Waals surface area contributed by atoms with Crippen LogP contribution in [0.2, 0.25) is 5.02 Å². The van der Waals surface area contributed by atoms with E-state index in [1.807, 2.05) is 20.2 Å². The van der Waals surface area contributed by atoms with Crippen molar-refractivity contribution in [2.75, 3.05) is 0 Å². The highest BCUT2D eigenvalue weighted by molar-refractivity contribution is 6.33. The molecule has 1 amide bonds. The van der Waals surface area contributed by atoms with Crippen LogP contribution in [0.4, 0.5) is 0 Å². The molecule has 20 heavy (non-hydrogen) atoms. The summed E-state index contributed by atoms with van der Waals surface area (Å²) in [5.41, 5.74) is 2.18. The van der Waals surface area contributed by atoms with Gasteiger partial charge in [0.25, 0.3) is 5.91 Å². The van der Waals surface area contributed by atoms with Gasteiger partial charge in [0.2, 0.25) is 0 Å². The number of aromatic hydroxyl groups is 1. The minimum absolute atomic E-state index is 0.00942. The predicted molar refractivity (Wildman–Crippen MR) is 76.9 cm³/mol. The maximum absolute atomic E-state index is 12.1. The molecule has 0 saturated carbocycles. The van der Waals surface area contributed by atoms with E-state index in [-0.39, 0.29) is 17.2 Å². The molecule has 1 aromatic carbocycles. The molecule has 0 radical (unpaired) electrons. The maximum atomic E-state index is 12.1. The summed E-state index contributed by atoms with van der Waals surface area (Å²) in [4.78, 5) is 12.1. The topological polar surface area (TPSA) is 67.2 Å². The molecular weight excluding hydrogens is 278 g/mol. The first-order valence-corrected chi connectivity index (χ1v) is 6.67. The fraction of sp³-hybridized carbons (Fsp3) is 0.286. The molecule has 1 aromatic heterocycles. The summed E-state index contributed by atoms with van der Waals surface area (Å²) in [6, 6.07) is 4.28. The normalized spacial score (nSPS) is 10.6. The Balaban J connectivity index is 2.10. The Morgan fingerprint density at radius 2 is 2.25 bits per heavy atom. The van der Waals surface area contributed by atoms with Crippen molar-refractivity contribution in [2.24, 2.45) is 7.05 Å². The van der Waals surface area contributed by atoms with Crippen LogP contribution in [0.3, 0.4) is 0 Å². The number of phenolic OH excluding ortho intramolecular Hbond substituents is 1. The zero-order valence-corrected chi connectivity index (χ0v) is 12.1. The van der Waals surface area contributed by atoms with Crippen LogP contribution in [0.15, 0.2) is 24.4 Å². The molecule has 2 aromatic rings. The van der Waals surface area contributed by atoms with Crippen LogP contribution in [-0.4, -0.2) is 20.8 Å². The van der Waals surface area contributed by atoms with E-state index >= 15 is 0 Å². The molecule has 0 aliphatic carbocycles. The lowest BCUT2D eigenvalue weighted by atomic mass is 10.1. The fourth-order valence-electron chi connectivity index (χ4n) is 1.99. The number of hydrogen-bond donors (Lipinski definition) is 2. The molecule has 6 heteroatoms. The Hall–Kier alpha value is -2.01. The lowest BCUT2D eigenvalue weighted by Gasteiger charge is -2.07. The summed E-state index contributed by atoms with van der Waals surface area (Å²) in [6.45, 7) is 2.39. The Morgan fingerprint density at radius 1 is 1.50 bits per heavy atom. The molecule has 0 bridgehead atoms. The lowest BCUT2D eigenvalue weighted by molar-refractivity contribution is 0.0950. The Labute approximate surface area is 122 Å². The maximum Gasteiger partial charge on any atom is 0.253 e. The molecule has 2 N–H and O–H groups in total. The fourth-order valence-corrected chi connectivity index (χ4v) is 2.19. The third-order valence-corrected chi connectivity index (χ3v) is 3.29. The lowest BCUT2D eigenvalue weighted by Crippen LogP contribution is -2.23. The highest BCUT2D eigenvalue weighted by Gasteiger charge is 2.12. The molecule has 2 rings (SSSR count). The highest BCUT2D eigenvalue weighted by atomic mass is 35.5. The van der Waals surface area contributed by atoms with Gasteiger partial charge in [0.1, 0.15) is 5.75 Å². The smallest absolute Gasteiger partial charge is 0.253 e. The number of carbonyl (C=O) groups excluding carboxylic acids is 1. The number of rotatable bonds is 4. The number of carbonyl (C=O) groups is 1. The van der Waals surface area contributed by atoms with E-state index < -0.39 is 0 Å². The van der Waals surface area contributed by atoms with Gasteiger partial charge in [-0.25, -0.2) is 0 Å². The minimum Gasteiger partial charge on any atom is -0.508 e. The van der Waals surface area contributed by atoms with E-state index in [0.29, 0.717) is 11.6 Å². The van der Waals surface area contributed by atoms with Crippen LogP contribution in [0.5, 0.6) is 5.75 Å². The third kappa shape index (κ3) is 3.11. The molecule has 0 aliphatic heterocycles. The standard InChI is InChI=1S/C14H16ClN3O2/c1-3-13-9(8-18(2)17-13)7-16-14(20)11-6-10(19)4-5-12(11)15/h4-6,8,19H,3,7H2,1-2H3,(H,16,20). The zero-order chi connectivity index (χ0) is 14.7. The van der Waals surface area contributed by atoms with E-state index in [9.17, 15) is 9.90 Å². The van der Waals surface area contributed by atoms with Crippen molar-refractivity contribution >= 4 is 17.5 Å². The Kier molecular flexibility index (Phi) is 4.29. The average molecular weight is 294 g/mol. The summed E-state index contributed by atoms with van der Waals surface area (Å²) in [5, 5.41) is 16.8. The number of hydrogen-bond acceptors (Lipinski definition) is 3. The molecule has 0 unspecified atom stereocenters. The van der Waals surface area contributed by atoms with E-state index in [0.717, 1.165) is 17.7 Å². The molecule has 5 nitrogen and oxygen atoms in total. The molecule has 0 aliphatic rings. The molecule has 0 spiro atoms. The summed E-state index contributed by atoms with van der Waals surface area (Å²) >= 11 is 5.95. The second-order valence-electron chi connectivity index (χ2n) is 4.48. The van der Waals surface area contributed by atoms with Gasteiger partial charge in [0.15, 0.2) is 0 Å². The first-order valence-electron chi connectivity index (χ1n) is 6.29. The second-order valence-corrected chi connectivity index (χ2v) is 4.88. The zero-order valence-electron chi connectivity index (χ0n) is 11.4. The number of nitrogens with zero attached hydrogens (tertiary/aromatic N) is 2. The number of amides is 1. The minimum atomic E-state index is -0.322. The van der Waals surface area contributed by atoms with Crippen LogP contribution >= 0.6 is 11.6 Å². The van der Waals surface area contributed by atoms with Gasteiger partial charge >= 0.3 is 0 Å². The summed E-state index contributed by atoms with van der Waals surface area (Å²) in [6.07, 6.45) is 2.68. The van der Waals surface area contributed by atoms with E-state index in [2.05, 4.69) is 10.4 Å². The van der Waals surface area contributed by atoms with Crippen molar-refractivity contribution in [3.8, 4) is 5.75 Å². The molecule has 0 atom stereocenters. The van der Waals surface area contributed by atoms with Gasteiger partial charge in [0.05, 0.1) is 16.3 Å². The predicted octanol–water partition coefficient (Wildman–Crippen LogP) is 2.27. The van der Waals surface area contributed by atoms with Gasteiger partial charge in [-0.2, -0.15) is 5.10 Å². The van der Waals surface area contributed by atoms with Crippen LogP contribution in [-0.2, 0) is 20.0 Å². The number of benzene rings is 1. The van der Waals surface area contributed by atoms with E-state index in [4.69, 9.17) is 11.6 Å². The Bertz CT molecular complexity index is 637. The monoisotopic (exact) mass is 293 g/mol. The van der Waals surface area contributed by atoms with Crippen molar-refractivity contribution in [1.29, 1.82) is 0 Å². The van der Waals surface area contributed by atoms with Crippen LogP contribution in [0.25, 0.3) is 0 Å². The van der Waals surface area contributed by atoms with Gasteiger partial charge in [0, 0.05) is 25.4 Å². The van der Waals surface area contributed by atoms with E-state index in [1.54, 1.807) is 4.68 Å². The largest absolute Gasteiger partial charge is 0.508 e. The van der Waals surface area contributed by atoms with Crippen molar-refractivity contribution in [2.45, 2.75) is 19.9 Å². The number of halogens is 1. The van der Waals surface area contributed by atoms with Crippen LogP contribution in [0.1, 0.15) is 28.5 Å². The van der Waals surface area contributed by atoms with Crippen LogP contribution in [0, 0.1) is 0 Å². The first kappa shape index (κ1) is 14.4. The molecular formula is C14H16ClN3O2. The van der Waals surface area contributed by atoms with Gasteiger partial charge in [-0.05, 0) is 24.6 Å². The number of phenols is 1. The van der Waals surface area contributed by atoms with Crippen molar-refractivity contribution in [3.63, 3.8) is 0 Å².